The average Bonchev–Trinajstić information content (AvgIpc) is 2.33. The van der Waals surface area contributed by atoms with E-state index in [4.69, 9.17) is 9.47 Å². The molecule has 2 rings (SSSR count). The number of hydrogen-bond donors (Lipinski definition) is 0. The van der Waals surface area contributed by atoms with E-state index in [1.807, 2.05) is 19.1 Å². The van der Waals surface area contributed by atoms with Gasteiger partial charge < -0.3 is 9.47 Å². The van der Waals surface area contributed by atoms with Crippen LogP contribution in [0.2, 0.25) is 0 Å². The summed E-state index contributed by atoms with van der Waals surface area (Å²) in [5.74, 6) is 0.849. The number of carbonyl (C=O) groups excluding carboxylic acids is 1. The van der Waals surface area contributed by atoms with Crippen molar-refractivity contribution in [1.29, 1.82) is 0 Å². The van der Waals surface area contributed by atoms with Crippen LogP contribution in [0.25, 0.3) is 0 Å². The quantitative estimate of drug-likeness (QED) is 0.583. The average molecular weight is 234 g/mol. The minimum atomic E-state index is -0.396. The highest BCUT2D eigenvalue weighted by molar-refractivity contribution is 5.77. The predicted molar refractivity (Wildman–Crippen MR) is 65.0 cm³/mol. The molecule has 0 radical (unpaired) electrons. The molecule has 2 unspecified atom stereocenters. The van der Waals surface area contributed by atoms with Crippen molar-refractivity contribution < 1.29 is 14.3 Å². The second-order valence-corrected chi connectivity index (χ2v) is 4.74. The third-order valence-electron chi connectivity index (χ3n) is 3.01. The predicted octanol–water partition coefficient (Wildman–Crippen LogP) is 2.72. The van der Waals surface area contributed by atoms with Crippen molar-refractivity contribution in [1.82, 2.24) is 0 Å². The monoisotopic (exact) mass is 234 g/mol. The Morgan fingerprint density at radius 3 is 2.59 bits per heavy atom. The van der Waals surface area contributed by atoms with Crippen LogP contribution in [0, 0.1) is 12.8 Å². The Hall–Kier alpha value is -1.35. The van der Waals surface area contributed by atoms with E-state index in [2.05, 4.69) is 6.92 Å². The van der Waals surface area contributed by atoms with Crippen LogP contribution in [0.4, 0.5) is 0 Å². The highest BCUT2D eigenvalue weighted by atomic mass is 16.6. The van der Waals surface area contributed by atoms with Gasteiger partial charge in [0.25, 0.3) is 0 Å². The number of ether oxygens (including phenoxy) is 2. The van der Waals surface area contributed by atoms with E-state index in [9.17, 15) is 4.79 Å². The van der Waals surface area contributed by atoms with Crippen LogP contribution in [0.15, 0.2) is 24.3 Å². The van der Waals surface area contributed by atoms with E-state index < -0.39 is 6.10 Å². The minimum Gasteiger partial charge on any atom is -0.425 e. The van der Waals surface area contributed by atoms with Gasteiger partial charge in [-0.1, -0.05) is 24.6 Å². The van der Waals surface area contributed by atoms with Gasteiger partial charge in [-0.05, 0) is 37.8 Å². The number of benzene rings is 1. The van der Waals surface area contributed by atoms with Gasteiger partial charge in [0, 0.05) is 0 Å². The second kappa shape index (κ2) is 5.32. The summed E-state index contributed by atoms with van der Waals surface area (Å²) >= 11 is 0. The maximum atomic E-state index is 11.8. The first-order valence-electron chi connectivity index (χ1n) is 6.05. The fourth-order valence-corrected chi connectivity index (χ4v) is 1.86. The largest absolute Gasteiger partial charge is 0.425 e. The molecule has 1 aromatic rings. The Morgan fingerprint density at radius 2 is 2.00 bits per heavy atom. The third-order valence-corrected chi connectivity index (χ3v) is 3.01. The number of esters is 1. The smallest absolute Gasteiger partial charge is 0.340 e. The van der Waals surface area contributed by atoms with Gasteiger partial charge >= 0.3 is 5.97 Å². The van der Waals surface area contributed by atoms with Crippen molar-refractivity contribution in [2.45, 2.75) is 32.8 Å². The van der Waals surface area contributed by atoms with Gasteiger partial charge in [0.2, 0.25) is 0 Å². The molecule has 1 aromatic carbocycles. The molecule has 1 heterocycles. The van der Waals surface area contributed by atoms with E-state index in [0.717, 1.165) is 18.4 Å². The molecule has 2 atom stereocenters. The van der Waals surface area contributed by atoms with E-state index >= 15 is 0 Å². The lowest BCUT2D eigenvalue weighted by molar-refractivity contribution is -0.151. The molecular formula is C14H18O3. The van der Waals surface area contributed by atoms with Crippen molar-refractivity contribution in [3.05, 3.63) is 29.8 Å². The molecule has 0 aliphatic carbocycles. The molecule has 1 fully saturated rings. The van der Waals surface area contributed by atoms with Crippen LogP contribution < -0.4 is 4.74 Å². The molecule has 0 spiro atoms. The van der Waals surface area contributed by atoms with Crippen molar-refractivity contribution in [2.24, 2.45) is 5.92 Å². The second-order valence-electron chi connectivity index (χ2n) is 4.74. The van der Waals surface area contributed by atoms with E-state index in [0.29, 0.717) is 18.3 Å². The number of hydrogen-bond acceptors (Lipinski definition) is 3. The molecule has 1 aliphatic heterocycles. The molecule has 92 valence electrons. The van der Waals surface area contributed by atoms with Gasteiger partial charge in [0.1, 0.15) is 5.75 Å². The van der Waals surface area contributed by atoms with Crippen molar-refractivity contribution in [3.8, 4) is 5.75 Å². The molecule has 3 nitrogen and oxygen atoms in total. The molecule has 3 heteroatoms. The Labute approximate surface area is 102 Å². The van der Waals surface area contributed by atoms with Gasteiger partial charge in [0.15, 0.2) is 6.10 Å². The normalized spacial score (nSPS) is 24.4. The molecular weight excluding hydrogens is 216 g/mol. The number of rotatable bonds is 2. The highest BCUT2D eigenvalue weighted by Gasteiger charge is 2.26. The lowest BCUT2D eigenvalue weighted by Gasteiger charge is -2.25. The lowest BCUT2D eigenvalue weighted by atomic mass is 10.0. The van der Waals surface area contributed by atoms with Crippen LogP contribution in [0.1, 0.15) is 25.3 Å². The molecule has 1 saturated heterocycles. The van der Waals surface area contributed by atoms with Crippen LogP contribution in [-0.4, -0.2) is 18.7 Å². The molecule has 0 N–H and O–H groups in total. The first kappa shape index (κ1) is 12.1. The summed E-state index contributed by atoms with van der Waals surface area (Å²) in [4.78, 5) is 11.8. The van der Waals surface area contributed by atoms with E-state index in [-0.39, 0.29) is 5.97 Å². The van der Waals surface area contributed by atoms with E-state index in [1.54, 1.807) is 12.1 Å². The maximum Gasteiger partial charge on any atom is 0.340 e. The standard InChI is InChI=1S/C14H18O3/c1-10-3-6-12(7-4-10)17-14(15)13-8-5-11(2)9-16-13/h3-4,6-7,11,13H,5,8-9H2,1-2H3. The topological polar surface area (TPSA) is 35.5 Å². The summed E-state index contributed by atoms with van der Waals surface area (Å²) < 4.78 is 10.8. The zero-order chi connectivity index (χ0) is 12.3. The Balaban J connectivity index is 1.90. The summed E-state index contributed by atoms with van der Waals surface area (Å²) in [5, 5.41) is 0. The van der Waals surface area contributed by atoms with Crippen LogP contribution in [-0.2, 0) is 9.53 Å². The van der Waals surface area contributed by atoms with Crippen molar-refractivity contribution >= 4 is 5.97 Å². The third kappa shape index (κ3) is 3.30. The zero-order valence-corrected chi connectivity index (χ0v) is 10.3. The van der Waals surface area contributed by atoms with Gasteiger partial charge in [-0.2, -0.15) is 0 Å². The summed E-state index contributed by atoms with van der Waals surface area (Å²) in [6.07, 6.45) is 1.38. The van der Waals surface area contributed by atoms with Gasteiger partial charge in [-0.15, -0.1) is 0 Å². The summed E-state index contributed by atoms with van der Waals surface area (Å²) in [6, 6.07) is 7.45. The molecule has 0 amide bonds. The fourth-order valence-electron chi connectivity index (χ4n) is 1.86. The first-order chi connectivity index (χ1) is 8.15. The summed E-state index contributed by atoms with van der Waals surface area (Å²) in [6.45, 7) is 4.77. The lowest BCUT2D eigenvalue weighted by Crippen LogP contribution is -2.34. The Kier molecular flexibility index (Phi) is 3.79. The zero-order valence-electron chi connectivity index (χ0n) is 10.3. The van der Waals surface area contributed by atoms with Gasteiger partial charge in [0.05, 0.1) is 6.61 Å². The Bertz CT molecular complexity index is 375. The number of carbonyl (C=O) groups is 1. The van der Waals surface area contributed by atoms with Gasteiger partial charge in [-0.25, -0.2) is 4.79 Å². The molecule has 1 aliphatic rings. The number of aryl methyl sites for hydroxylation is 1. The molecule has 17 heavy (non-hydrogen) atoms. The van der Waals surface area contributed by atoms with Crippen LogP contribution >= 0.6 is 0 Å². The van der Waals surface area contributed by atoms with Gasteiger partial charge in [-0.3, -0.25) is 0 Å². The Morgan fingerprint density at radius 1 is 1.29 bits per heavy atom. The molecule has 0 saturated carbocycles. The molecule has 0 bridgehead atoms. The first-order valence-corrected chi connectivity index (χ1v) is 6.05. The fraction of sp³-hybridized carbons (Fsp3) is 0.500. The van der Waals surface area contributed by atoms with E-state index in [1.165, 1.54) is 0 Å². The van der Waals surface area contributed by atoms with Crippen molar-refractivity contribution in [2.75, 3.05) is 6.61 Å². The minimum absolute atomic E-state index is 0.277. The molecule has 0 aromatic heterocycles. The SMILES string of the molecule is Cc1ccc(OC(=O)C2CCC(C)CO2)cc1. The van der Waals surface area contributed by atoms with Crippen LogP contribution in [0.5, 0.6) is 5.75 Å². The summed E-state index contributed by atoms with van der Waals surface area (Å²) in [7, 11) is 0. The highest BCUT2D eigenvalue weighted by Crippen LogP contribution is 2.20. The van der Waals surface area contributed by atoms with Crippen molar-refractivity contribution in [3.63, 3.8) is 0 Å². The summed E-state index contributed by atoms with van der Waals surface area (Å²) in [5.41, 5.74) is 1.15. The van der Waals surface area contributed by atoms with Crippen LogP contribution in [0.3, 0.4) is 0 Å². The maximum absolute atomic E-state index is 11.8.